The third-order valence-corrected chi connectivity index (χ3v) is 3.71. The summed E-state index contributed by atoms with van der Waals surface area (Å²) in [5.41, 5.74) is -0.630. The Morgan fingerprint density at radius 3 is 2.69 bits per heavy atom. The Kier molecular flexibility index (Phi) is 5.64. The number of thioether (sulfide) groups is 1. The first-order valence-electron chi connectivity index (χ1n) is 5.63. The van der Waals surface area contributed by atoms with Crippen LogP contribution in [0.15, 0.2) is 0 Å². The molecule has 0 atom stereocenters. The van der Waals surface area contributed by atoms with Crippen molar-refractivity contribution >= 4 is 17.7 Å². The highest BCUT2D eigenvalue weighted by molar-refractivity contribution is 7.99. The Morgan fingerprint density at radius 2 is 2.12 bits per heavy atom. The van der Waals surface area contributed by atoms with E-state index in [1.54, 1.807) is 0 Å². The molecule has 0 aliphatic heterocycles. The second-order valence-electron chi connectivity index (χ2n) is 4.08. The summed E-state index contributed by atoms with van der Waals surface area (Å²) in [6.07, 6.45) is 4.70. The average molecular weight is 242 g/mol. The number of hydrogen-bond donors (Lipinski definition) is 2. The molecule has 1 rings (SSSR count). The van der Waals surface area contributed by atoms with Crippen LogP contribution in [0.2, 0.25) is 0 Å². The van der Waals surface area contributed by atoms with Crippen molar-refractivity contribution in [2.24, 2.45) is 0 Å². The van der Waals surface area contributed by atoms with Crippen LogP contribution in [0.1, 0.15) is 32.1 Å². The first-order valence-corrected chi connectivity index (χ1v) is 6.79. The Morgan fingerprint density at radius 1 is 1.44 bits per heavy atom. The third-order valence-electron chi connectivity index (χ3n) is 2.77. The normalized spacial score (nSPS) is 18.8. The van der Waals surface area contributed by atoms with Crippen molar-refractivity contribution in [1.82, 2.24) is 5.32 Å². The maximum atomic E-state index is 11.6. The van der Waals surface area contributed by atoms with Crippen molar-refractivity contribution in [2.75, 3.05) is 18.1 Å². The van der Waals surface area contributed by atoms with Crippen molar-refractivity contribution < 1.29 is 9.90 Å². The molecule has 1 aliphatic rings. The monoisotopic (exact) mass is 242 g/mol. The molecule has 1 fully saturated rings. The van der Waals surface area contributed by atoms with Gasteiger partial charge >= 0.3 is 0 Å². The van der Waals surface area contributed by atoms with Gasteiger partial charge in [0.15, 0.2) is 0 Å². The summed E-state index contributed by atoms with van der Waals surface area (Å²) in [5, 5.41) is 20.6. The minimum Gasteiger partial charge on any atom is -0.396 e. The van der Waals surface area contributed by atoms with E-state index in [1.807, 2.05) is 0 Å². The smallest absolute Gasteiger partial charge is 0.231 e. The van der Waals surface area contributed by atoms with Gasteiger partial charge in [-0.15, -0.1) is 11.8 Å². The highest BCUT2D eigenvalue weighted by atomic mass is 32.2. The average Bonchev–Trinajstić information content (AvgIpc) is 2.30. The van der Waals surface area contributed by atoms with Gasteiger partial charge in [0, 0.05) is 5.75 Å². The standard InChI is InChI=1S/C11H18N2O2S/c12-9-11(4-2-1-3-5-11)13-10(15)8-16-7-6-14/h14H,1-8H2,(H,13,15). The van der Waals surface area contributed by atoms with Crippen LogP contribution >= 0.6 is 11.8 Å². The lowest BCUT2D eigenvalue weighted by atomic mass is 9.83. The zero-order valence-corrected chi connectivity index (χ0v) is 10.2. The van der Waals surface area contributed by atoms with Crippen LogP contribution in [-0.2, 0) is 4.79 Å². The Balaban J connectivity index is 2.37. The maximum absolute atomic E-state index is 11.6. The van der Waals surface area contributed by atoms with Crippen LogP contribution in [0.4, 0.5) is 0 Å². The Hall–Kier alpha value is -0.730. The van der Waals surface area contributed by atoms with Crippen LogP contribution in [0.5, 0.6) is 0 Å². The zero-order chi connectivity index (χ0) is 11.9. The lowest BCUT2D eigenvalue weighted by Gasteiger charge is -2.31. The van der Waals surface area contributed by atoms with E-state index in [9.17, 15) is 4.79 Å². The predicted molar refractivity (Wildman–Crippen MR) is 64.0 cm³/mol. The number of nitrogens with zero attached hydrogens (tertiary/aromatic N) is 1. The van der Waals surface area contributed by atoms with Crippen LogP contribution in [0, 0.1) is 11.3 Å². The summed E-state index contributed by atoms with van der Waals surface area (Å²) in [5.74, 6) is 0.790. The molecule has 0 saturated heterocycles. The number of aliphatic hydroxyl groups is 1. The van der Waals surface area contributed by atoms with Crippen molar-refractivity contribution in [1.29, 1.82) is 5.26 Å². The lowest BCUT2D eigenvalue weighted by Crippen LogP contribution is -2.49. The molecule has 4 nitrogen and oxygen atoms in total. The number of amides is 1. The number of carbonyl (C=O) groups excluding carboxylic acids is 1. The fraction of sp³-hybridized carbons (Fsp3) is 0.818. The van der Waals surface area contributed by atoms with E-state index in [2.05, 4.69) is 11.4 Å². The van der Waals surface area contributed by atoms with Gasteiger partial charge in [-0.25, -0.2) is 0 Å². The maximum Gasteiger partial charge on any atom is 0.231 e. The molecule has 0 aromatic rings. The molecule has 2 N–H and O–H groups in total. The number of hydrogen-bond acceptors (Lipinski definition) is 4. The fourth-order valence-corrected chi connectivity index (χ4v) is 2.48. The number of rotatable bonds is 5. The molecule has 1 amide bonds. The summed E-state index contributed by atoms with van der Waals surface area (Å²) < 4.78 is 0. The highest BCUT2D eigenvalue weighted by Gasteiger charge is 2.33. The number of nitriles is 1. The number of nitrogens with one attached hydrogen (secondary N) is 1. The van der Waals surface area contributed by atoms with E-state index in [0.717, 1.165) is 32.1 Å². The molecule has 16 heavy (non-hydrogen) atoms. The van der Waals surface area contributed by atoms with Crippen LogP contribution in [0.25, 0.3) is 0 Å². The number of aliphatic hydroxyl groups excluding tert-OH is 1. The van der Waals surface area contributed by atoms with E-state index < -0.39 is 5.54 Å². The molecule has 5 heteroatoms. The van der Waals surface area contributed by atoms with Crippen molar-refractivity contribution in [2.45, 2.75) is 37.6 Å². The molecule has 0 bridgehead atoms. The van der Waals surface area contributed by atoms with Gasteiger partial charge in [0.05, 0.1) is 18.4 Å². The van der Waals surface area contributed by atoms with Gasteiger partial charge in [-0.3, -0.25) is 4.79 Å². The molecule has 90 valence electrons. The molecule has 1 aliphatic carbocycles. The minimum absolute atomic E-state index is 0.0847. The van der Waals surface area contributed by atoms with Gasteiger partial charge in [-0.05, 0) is 12.8 Å². The summed E-state index contributed by atoms with van der Waals surface area (Å²) in [7, 11) is 0. The molecule has 0 aromatic heterocycles. The van der Waals surface area contributed by atoms with Crippen molar-refractivity contribution in [3.05, 3.63) is 0 Å². The predicted octanol–water partition coefficient (Wildman–Crippen LogP) is 1.05. The molecular weight excluding hydrogens is 224 g/mol. The second kappa shape index (κ2) is 6.77. The van der Waals surface area contributed by atoms with Crippen LogP contribution in [0.3, 0.4) is 0 Å². The SMILES string of the molecule is N#CC1(NC(=O)CSCCO)CCCCC1. The Labute approximate surface area is 100 Å². The van der Waals surface area contributed by atoms with Crippen LogP contribution < -0.4 is 5.32 Å². The van der Waals surface area contributed by atoms with Gasteiger partial charge < -0.3 is 10.4 Å². The molecule has 0 heterocycles. The molecule has 1 saturated carbocycles. The molecular formula is C11H18N2O2S. The van der Waals surface area contributed by atoms with Crippen molar-refractivity contribution in [3.63, 3.8) is 0 Å². The van der Waals surface area contributed by atoms with E-state index >= 15 is 0 Å². The zero-order valence-electron chi connectivity index (χ0n) is 9.37. The molecule has 0 unspecified atom stereocenters. The minimum atomic E-state index is -0.630. The number of carbonyl (C=O) groups is 1. The third kappa shape index (κ3) is 4.03. The molecule has 0 radical (unpaired) electrons. The van der Waals surface area contributed by atoms with E-state index in [0.29, 0.717) is 11.5 Å². The van der Waals surface area contributed by atoms with Gasteiger partial charge in [-0.2, -0.15) is 5.26 Å². The first-order chi connectivity index (χ1) is 7.72. The van der Waals surface area contributed by atoms with Gasteiger partial charge in [-0.1, -0.05) is 19.3 Å². The van der Waals surface area contributed by atoms with Gasteiger partial charge in [0.1, 0.15) is 5.54 Å². The Bertz CT molecular complexity index is 270. The summed E-state index contributed by atoms with van der Waals surface area (Å²) in [6.45, 7) is 0.0847. The summed E-state index contributed by atoms with van der Waals surface area (Å²) in [4.78, 5) is 11.6. The van der Waals surface area contributed by atoms with E-state index in [1.165, 1.54) is 11.8 Å². The second-order valence-corrected chi connectivity index (χ2v) is 5.18. The molecule has 0 spiro atoms. The van der Waals surface area contributed by atoms with Crippen LogP contribution in [-0.4, -0.2) is 34.7 Å². The fourth-order valence-electron chi connectivity index (χ4n) is 1.95. The highest BCUT2D eigenvalue weighted by Crippen LogP contribution is 2.27. The molecule has 0 aromatic carbocycles. The summed E-state index contributed by atoms with van der Waals surface area (Å²) in [6, 6.07) is 2.25. The topological polar surface area (TPSA) is 73.1 Å². The summed E-state index contributed by atoms with van der Waals surface area (Å²) >= 11 is 1.39. The van der Waals surface area contributed by atoms with E-state index in [4.69, 9.17) is 10.4 Å². The van der Waals surface area contributed by atoms with E-state index in [-0.39, 0.29) is 12.5 Å². The van der Waals surface area contributed by atoms with Crippen molar-refractivity contribution in [3.8, 4) is 6.07 Å². The first kappa shape index (κ1) is 13.3. The van der Waals surface area contributed by atoms with Gasteiger partial charge in [0.2, 0.25) is 5.91 Å². The lowest BCUT2D eigenvalue weighted by molar-refractivity contribution is -0.120. The quantitative estimate of drug-likeness (QED) is 0.707. The largest absolute Gasteiger partial charge is 0.396 e. The van der Waals surface area contributed by atoms with Gasteiger partial charge in [0.25, 0.3) is 0 Å².